The molecule has 2 N–H and O–H groups in total. The molecule has 0 bridgehead atoms. The summed E-state index contributed by atoms with van der Waals surface area (Å²) in [6, 6.07) is 0. The van der Waals surface area contributed by atoms with Crippen LogP contribution >= 0.6 is 0 Å². The Morgan fingerprint density at radius 1 is 1.08 bits per heavy atom. The smallest absolute Gasteiger partial charge is 0.215 e. The molecule has 0 aromatic heterocycles. The second-order valence-corrected chi connectivity index (χ2v) is 6.01. The van der Waals surface area contributed by atoms with Gasteiger partial charge in [0.2, 0.25) is 10.0 Å². The molecule has 74 valence electrons. The van der Waals surface area contributed by atoms with Crippen LogP contribution in [-0.2, 0) is 10.0 Å². The quantitative estimate of drug-likeness (QED) is 0.735. The average molecular weight is 193 g/mol. The van der Waals surface area contributed by atoms with Gasteiger partial charge >= 0.3 is 0 Å². The Hall–Kier alpha value is -0.0900. The minimum absolute atomic E-state index is 0.0347. The summed E-state index contributed by atoms with van der Waals surface area (Å²) in [5.74, 6) is 0.0694. The third-order valence-electron chi connectivity index (χ3n) is 2.91. The Morgan fingerprint density at radius 3 is 1.33 bits per heavy atom. The monoisotopic (exact) mass is 193 g/mol. The predicted octanol–water partition coefficient (Wildman–Crippen LogP) is 1.35. The fraction of sp³-hybridized carbons (Fsp3) is 1.00. The molecule has 0 spiro atoms. The average Bonchev–Trinajstić information content (AvgIpc) is 1.82. The molecule has 0 heterocycles. The van der Waals surface area contributed by atoms with Crippen molar-refractivity contribution < 1.29 is 8.42 Å². The molecule has 0 radical (unpaired) electrons. The standard InChI is InChI=1S/C8H19NO2S/c1-6(2)8(5,7(3)4)12(9,10)11/h6-7H,1-5H3,(H2,9,10,11). The number of nitrogens with two attached hydrogens (primary N) is 1. The molecule has 0 unspecified atom stereocenters. The van der Waals surface area contributed by atoms with Crippen LogP contribution in [0.3, 0.4) is 0 Å². The molecule has 4 heteroatoms. The summed E-state index contributed by atoms with van der Waals surface area (Å²) in [7, 11) is -3.46. The highest BCUT2D eigenvalue weighted by Gasteiger charge is 2.42. The molecule has 0 aromatic carbocycles. The zero-order valence-electron chi connectivity index (χ0n) is 8.46. The van der Waals surface area contributed by atoms with Crippen molar-refractivity contribution >= 4 is 10.0 Å². The fourth-order valence-electron chi connectivity index (χ4n) is 1.32. The maximum atomic E-state index is 11.3. The largest absolute Gasteiger partial charge is 0.228 e. The Balaban J connectivity index is 5.18. The van der Waals surface area contributed by atoms with Gasteiger partial charge in [0.1, 0.15) is 0 Å². The van der Waals surface area contributed by atoms with Crippen molar-refractivity contribution in [2.45, 2.75) is 39.4 Å². The predicted molar refractivity (Wildman–Crippen MR) is 51.2 cm³/mol. The van der Waals surface area contributed by atoms with E-state index in [9.17, 15) is 8.42 Å². The summed E-state index contributed by atoms with van der Waals surface area (Å²) in [4.78, 5) is 0. The topological polar surface area (TPSA) is 60.2 Å². The molecule has 3 nitrogen and oxygen atoms in total. The van der Waals surface area contributed by atoms with Gasteiger partial charge in [0.25, 0.3) is 0 Å². The van der Waals surface area contributed by atoms with E-state index < -0.39 is 14.8 Å². The minimum Gasteiger partial charge on any atom is -0.228 e. The van der Waals surface area contributed by atoms with Gasteiger partial charge < -0.3 is 0 Å². The van der Waals surface area contributed by atoms with E-state index in [1.165, 1.54) is 0 Å². The normalized spacial score (nSPS) is 14.3. The summed E-state index contributed by atoms with van der Waals surface area (Å²) in [5, 5.41) is 5.19. The van der Waals surface area contributed by atoms with Gasteiger partial charge in [-0.3, -0.25) is 0 Å². The fourth-order valence-corrected chi connectivity index (χ4v) is 2.64. The van der Waals surface area contributed by atoms with Crippen molar-refractivity contribution in [3.63, 3.8) is 0 Å². The summed E-state index contributed by atoms with van der Waals surface area (Å²) < 4.78 is 21.8. The molecule has 0 aromatic rings. The van der Waals surface area contributed by atoms with Gasteiger partial charge in [-0.25, -0.2) is 13.6 Å². The van der Waals surface area contributed by atoms with Gasteiger partial charge in [-0.1, -0.05) is 27.7 Å². The number of hydrogen-bond acceptors (Lipinski definition) is 2. The zero-order valence-corrected chi connectivity index (χ0v) is 9.27. The Kier molecular flexibility index (Phi) is 3.32. The van der Waals surface area contributed by atoms with Crippen LogP contribution in [0.15, 0.2) is 0 Å². The lowest BCUT2D eigenvalue weighted by atomic mass is 9.86. The molecular formula is C8H19NO2S. The van der Waals surface area contributed by atoms with Crippen LogP contribution in [0.2, 0.25) is 0 Å². The van der Waals surface area contributed by atoms with Crippen molar-refractivity contribution in [1.82, 2.24) is 0 Å². The SMILES string of the molecule is CC(C)C(C)(C(C)C)S(N)(=O)=O. The van der Waals surface area contributed by atoms with Gasteiger partial charge in [0, 0.05) is 0 Å². The first-order chi connectivity index (χ1) is 5.14. The molecule has 0 aliphatic heterocycles. The molecule has 0 fully saturated rings. The molecule has 12 heavy (non-hydrogen) atoms. The zero-order chi connectivity index (χ0) is 10.2. The van der Waals surface area contributed by atoms with Crippen LogP contribution in [-0.4, -0.2) is 13.2 Å². The van der Waals surface area contributed by atoms with E-state index in [-0.39, 0.29) is 11.8 Å². The van der Waals surface area contributed by atoms with Crippen LogP contribution in [0.25, 0.3) is 0 Å². The highest BCUT2D eigenvalue weighted by Crippen LogP contribution is 2.32. The summed E-state index contributed by atoms with van der Waals surface area (Å²) in [5.41, 5.74) is 0. The minimum atomic E-state index is -3.46. The van der Waals surface area contributed by atoms with E-state index in [0.717, 1.165) is 0 Å². The van der Waals surface area contributed by atoms with Crippen LogP contribution in [0.4, 0.5) is 0 Å². The Morgan fingerprint density at radius 2 is 1.33 bits per heavy atom. The van der Waals surface area contributed by atoms with Crippen molar-refractivity contribution in [3.05, 3.63) is 0 Å². The molecular weight excluding hydrogens is 174 g/mol. The Bertz CT molecular complexity index is 234. The molecule has 0 rings (SSSR count). The molecule has 0 saturated carbocycles. The van der Waals surface area contributed by atoms with Gasteiger partial charge in [0.15, 0.2) is 0 Å². The van der Waals surface area contributed by atoms with E-state index in [1.807, 2.05) is 27.7 Å². The third kappa shape index (κ3) is 1.80. The van der Waals surface area contributed by atoms with Crippen molar-refractivity contribution in [2.24, 2.45) is 17.0 Å². The molecule has 0 saturated heterocycles. The van der Waals surface area contributed by atoms with Gasteiger partial charge in [-0.05, 0) is 18.8 Å². The lowest BCUT2D eigenvalue weighted by Gasteiger charge is -2.35. The number of primary sulfonamides is 1. The lowest BCUT2D eigenvalue weighted by Crippen LogP contribution is -2.49. The first-order valence-corrected chi connectivity index (χ1v) is 5.71. The molecule has 0 aliphatic rings. The van der Waals surface area contributed by atoms with Crippen molar-refractivity contribution in [1.29, 1.82) is 0 Å². The number of sulfonamides is 1. The maximum Gasteiger partial charge on any atom is 0.215 e. The highest BCUT2D eigenvalue weighted by atomic mass is 32.2. The number of hydrogen-bond donors (Lipinski definition) is 1. The summed E-state index contributed by atoms with van der Waals surface area (Å²) >= 11 is 0. The van der Waals surface area contributed by atoms with Crippen molar-refractivity contribution in [2.75, 3.05) is 0 Å². The van der Waals surface area contributed by atoms with Crippen LogP contribution in [0.5, 0.6) is 0 Å². The van der Waals surface area contributed by atoms with E-state index in [2.05, 4.69) is 0 Å². The summed E-state index contributed by atoms with van der Waals surface area (Å²) in [6.45, 7) is 9.22. The second-order valence-electron chi connectivity index (χ2n) is 4.04. The maximum absolute atomic E-state index is 11.3. The third-order valence-corrected chi connectivity index (χ3v) is 5.07. The van der Waals surface area contributed by atoms with Crippen LogP contribution < -0.4 is 5.14 Å². The van der Waals surface area contributed by atoms with E-state index in [1.54, 1.807) is 6.92 Å². The Labute approximate surface area is 75.4 Å². The molecule has 0 atom stereocenters. The van der Waals surface area contributed by atoms with Gasteiger partial charge in [0.05, 0.1) is 4.75 Å². The van der Waals surface area contributed by atoms with E-state index >= 15 is 0 Å². The lowest BCUT2D eigenvalue weighted by molar-refractivity contribution is 0.336. The van der Waals surface area contributed by atoms with Gasteiger partial charge in [-0.15, -0.1) is 0 Å². The number of rotatable bonds is 3. The first-order valence-electron chi connectivity index (χ1n) is 4.16. The second kappa shape index (κ2) is 3.34. The van der Waals surface area contributed by atoms with Crippen LogP contribution in [0.1, 0.15) is 34.6 Å². The summed E-state index contributed by atoms with van der Waals surface area (Å²) in [6.07, 6.45) is 0. The van der Waals surface area contributed by atoms with E-state index in [4.69, 9.17) is 5.14 Å². The highest BCUT2D eigenvalue weighted by molar-refractivity contribution is 7.90. The molecule has 0 amide bonds. The van der Waals surface area contributed by atoms with Crippen molar-refractivity contribution in [3.8, 4) is 0 Å². The first kappa shape index (κ1) is 11.9. The van der Waals surface area contributed by atoms with E-state index in [0.29, 0.717) is 0 Å². The van der Waals surface area contributed by atoms with Crippen LogP contribution in [0, 0.1) is 11.8 Å². The molecule has 0 aliphatic carbocycles. The van der Waals surface area contributed by atoms with Gasteiger partial charge in [-0.2, -0.15) is 0 Å².